The van der Waals surface area contributed by atoms with E-state index >= 15 is 0 Å². The number of Topliss-reactive ketones (excluding diaryl/α,β-unsaturated/α-hetero) is 1. The van der Waals surface area contributed by atoms with Crippen molar-refractivity contribution in [3.8, 4) is 6.07 Å². The van der Waals surface area contributed by atoms with Crippen LogP contribution < -0.4 is 5.73 Å². The normalized spacial score (nSPS) is 24.8. The van der Waals surface area contributed by atoms with Crippen LogP contribution in [0.4, 0.5) is 0 Å². The molecule has 0 spiro atoms. The first-order valence-corrected chi connectivity index (χ1v) is 7.62. The van der Waals surface area contributed by atoms with Gasteiger partial charge in [-0.2, -0.15) is 5.26 Å². The number of nitriles is 1. The number of ketones is 1. The SMILES string of the molecule is CC1(C)CC(=O)C2=C(C1)SC(N)=C(C#N)[C@H]2c1ccco1. The van der Waals surface area contributed by atoms with Gasteiger partial charge >= 0.3 is 0 Å². The Balaban J connectivity index is 2.17. The molecule has 1 aromatic rings. The number of rotatable bonds is 1. The second-order valence-corrected chi connectivity index (χ2v) is 7.35. The summed E-state index contributed by atoms with van der Waals surface area (Å²) in [4.78, 5) is 13.6. The van der Waals surface area contributed by atoms with Crippen LogP contribution in [0.15, 0.2) is 43.9 Å². The van der Waals surface area contributed by atoms with Crippen molar-refractivity contribution in [3.63, 3.8) is 0 Å². The number of allylic oxidation sites excluding steroid dienone is 3. The molecule has 1 aromatic heterocycles. The molecule has 5 heteroatoms. The zero-order valence-electron chi connectivity index (χ0n) is 12.0. The highest BCUT2D eigenvalue weighted by atomic mass is 32.2. The summed E-state index contributed by atoms with van der Waals surface area (Å²) in [7, 11) is 0. The molecule has 0 saturated heterocycles. The average Bonchev–Trinajstić information content (AvgIpc) is 2.88. The molecule has 4 nitrogen and oxygen atoms in total. The third-order valence-electron chi connectivity index (χ3n) is 3.90. The Hall–Kier alpha value is -1.93. The third-order valence-corrected chi connectivity index (χ3v) is 4.95. The van der Waals surface area contributed by atoms with Gasteiger partial charge in [0.15, 0.2) is 5.78 Å². The molecule has 1 aliphatic carbocycles. The largest absolute Gasteiger partial charge is 0.468 e. The lowest BCUT2D eigenvalue weighted by Gasteiger charge is -2.36. The van der Waals surface area contributed by atoms with Crippen LogP contribution in [0.3, 0.4) is 0 Å². The van der Waals surface area contributed by atoms with Crippen LogP contribution in [0.5, 0.6) is 0 Å². The van der Waals surface area contributed by atoms with E-state index in [2.05, 4.69) is 19.9 Å². The van der Waals surface area contributed by atoms with E-state index in [-0.39, 0.29) is 11.2 Å². The first kappa shape index (κ1) is 14.0. The van der Waals surface area contributed by atoms with E-state index < -0.39 is 5.92 Å². The first-order chi connectivity index (χ1) is 9.93. The number of nitrogens with two attached hydrogens (primary N) is 1. The molecule has 0 radical (unpaired) electrons. The summed E-state index contributed by atoms with van der Waals surface area (Å²) < 4.78 is 5.47. The highest BCUT2D eigenvalue weighted by molar-refractivity contribution is 8.06. The quantitative estimate of drug-likeness (QED) is 0.859. The number of nitrogens with zero attached hydrogens (tertiary/aromatic N) is 1. The predicted molar refractivity (Wildman–Crippen MR) is 80.9 cm³/mol. The molecule has 2 heterocycles. The predicted octanol–water partition coefficient (Wildman–Crippen LogP) is 3.45. The van der Waals surface area contributed by atoms with Crippen molar-refractivity contribution in [1.29, 1.82) is 5.26 Å². The summed E-state index contributed by atoms with van der Waals surface area (Å²) in [5, 5.41) is 9.91. The smallest absolute Gasteiger partial charge is 0.161 e. The topological polar surface area (TPSA) is 80.0 Å². The Labute approximate surface area is 127 Å². The maximum atomic E-state index is 12.6. The molecule has 108 valence electrons. The van der Waals surface area contributed by atoms with Gasteiger partial charge < -0.3 is 10.2 Å². The number of furan rings is 1. The molecule has 1 atom stereocenters. The van der Waals surface area contributed by atoms with Crippen molar-refractivity contribution in [3.05, 3.63) is 45.2 Å². The number of carbonyl (C=O) groups is 1. The molecule has 2 aliphatic rings. The van der Waals surface area contributed by atoms with Gasteiger partial charge in [0, 0.05) is 12.0 Å². The molecule has 0 fully saturated rings. The van der Waals surface area contributed by atoms with E-state index in [0.717, 1.165) is 11.3 Å². The third kappa shape index (κ3) is 2.30. The van der Waals surface area contributed by atoms with Crippen LogP contribution in [0.25, 0.3) is 0 Å². The van der Waals surface area contributed by atoms with Gasteiger partial charge in [0.25, 0.3) is 0 Å². The zero-order valence-corrected chi connectivity index (χ0v) is 12.8. The number of hydrogen-bond acceptors (Lipinski definition) is 5. The van der Waals surface area contributed by atoms with E-state index in [1.54, 1.807) is 18.4 Å². The van der Waals surface area contributed by atoms with Gasteiger partial charge in [-0.15, -0.1) is 0 Å². The molecule has 0 unspecified atom stereocenters. The summed E-state index contributed by atoms with van der Waals surface area (Å²) in [5.74, 6) is 0.246. The van der Waals surface area contributed by atoms with Crippen molar-refractivity contribution >= 4 is 17.5 Å². The van der Waals surface area contributed by atoms with Gasteiger partial charge in [-0.1, -0.05) is 25.6 Å². The Morgan fingerprint density at radius 1 is 1.48 bits per heavy atom. The molecule has 0 bridgehead atoms. The summed E-state index contributed by atoms with van der Waals surface area (Å²) in [6.45, 7) is 4.16. The van der Waals surface area contributed by atoms with Crippen LogP contribution in [0.1, 0.15) is 38.4 Å². The van der Waals surface area contributed by atoms with Crippen LogP contribution >= 0.6 is 11.8 Å². The average molecular weight is 300 g/mol. The van der Waals surface area contributed by atoms with E-state index in [9.17, 15) is 10.1 Å². The van der Waals surface area contributed by atoms with Gasteiger partial charge in [-0.05, 0) is 28.9 Å². The standard InChI is InChI=1S/C16H16N2O2S/c1-16(2)6-10(19)14-12(7-16)21-15(18)9(8-17)13(14)11-4-3-5-20-11/h3-5,13H,6-7,18H2,1-2H3/t13-/m0/s1. The number of thioether (sulfide) groups is 1. The monoisotopic (exact) mass is 300 g/mol. The Kier molecular flexibility index (Phi) is 3.22. The minimum absolute atomic E-state index is 0.0684. The van der Waals surface area contributed by atoms with E-state index in [1.165, 1.54) is 11.8 Å². The highest BCUT2D eigenvalue weighted by Gasteiger charge is 2.42. The molecule has 0 aromatic carbocycles. The highest BCUT2D eigenvalue weighted by Crippen LogP contribution is 2.52. The lowest BCUT2D eigenvalue weighted by Crippen LogP contribution is -2.30. The molecular formula is C16H16N2O2S. The fourth-order valence-electron chi connectivity index (χ4n) is 3.02. The fraction of sp³-hybridized carbons (Fsp3) is 0.375. The van der Waals surface area contributed by atoms with Crippen molar-refractivity contribution in [2.24, 2.45) is 11.1 Å². The van der Waals surface area contributed by atoms with Crippen molar-refractivity contribution in [1.82, 2.24) is 0 Å². The second kappa shape index (κ2) is 4.81. The fourth-order valence-corrected chi connectivity index (χ4v) is 4.37. The van der Waals surface area contributed by atoms with Gasteiger partial charge in [0.05, 0.1) is 28.9 Å². The van der Waals surface area contributed by atoms with Crippen LogP contribution in [-0.2, 0) is 4.79 Å². The maximum Gasteiger partial charge on any atom is 0.161 e. The molecular weight excluding hydrogens is 284 g/mol. The van der Waals surface area contributed by atoms with E-state index in [0.29, 0.717) is 28.4 Å². The summed E-state index contributed by atoms with van der Waals surface area (Å²) in [5.41, 5.74) is 7.10. The van der Waals surface area contributed by atoms with Gasteiger partial charge in [-0.3, -0.25) is 4.79 Å². The van der Waals surface area contributed by atoms with Crippen molar-refractivity contribution in [2.75, 3.05) is 0 Å². The molecule has 2 N–H and O–H groups in total. The minimum atomic E-state index is -0.454. The Morgan fingerprint density at radius 2 is 2.24 bits per heavy atom. The number of carbonyl (C=O) groups excluding carboxylic acids is 1. The van der Waals surface area contributed by atoms with Crippen molar-refractivity contribution in [2.45, 2.75) is 32.6 Å². The molecule has 1 aliphatic heterocycles. The lowest BCUT2D eigenvalue weighted by molar-refractivity contribution is -0.118. The number of hydrogen-bond donors (Lipinski definition) is 1. The van der Waals surface area contributed by atoms with Crippen LogP contribution in [0.2, 0.25) is 0 Å². The summed E-state index contributed by atoms with van der Waals surface area (Å²) in [6.07, 6.45) is 2.84. The van der Waals surface area contributed by atoms with Gasteiger partial charge in [0.2, 0.25) is 0 Å². The zero-order chi connectivity index (χ0) is 15.2. The Morgan fingerprint density at radius 3 is 2.86 bits per heavy atom. The molecule has 3 rings (SSSR count). The second-order valence-electron chi connectivity index (χ2n) is 6.22. The molecule has 21 heavy (non-hydrogen) atoms. The van der Waals surface area contributed by atoms with Crippen LogP contribution in [0, 0.1) is 16.7 Å². The minimum Gasteiger partial charge on any atom is -0.468 e. The molecule has 0 amide bonds. The van der Waals surface area contributed by atoms with Crippen LogP contribution in [-0.4, -0.2) is 5.78 Å². The van der Waals surface area contributed by atoms with E-state index in [1.807, 2.05) is 0 Å². The Bertz CT molecular complexity index is 705. The van der Waals surface area contributed by atoms with Crippen molar-refractivity contribution < 1.29 is 9.21 Å². The molecule has 0 saturated carbocycles. The first-order valence-electron chi connectivity index (χ1n) is 6.80. The maximum absolute atomic E-state index is 12.6. The van der Waals surface area contributed by atoms with Gasteiger partial charge in [0.1, 0.15) is 5.76 Å². The summed E-state index contributed by atoms with van der Waals surface area (Å²) in [6, 6.07) is 5.71. The van der Waals surface area contributed by atoms with E-state index in [4.69, 9.17) is 10.2 Å². The lowest BCUT2D eigenvalue weighted by atomic mass is 9.72. The summed E-state index contributed by atoms with van der Waals surface area (Å²) >= 11 is 1.36. The van der Waals surface area contributed by atoms with Gasteiger partial charge in [-0.25, -0.2) is 0 Å².